The molecule has 0 aliphatic rings. The highest BCUT2D eigenvalue weighted by atomic mass is 16.4. The first-order valence-corrected chi connectivity index (χ1v) is 6.53. The predicted molar refractivity (Wildman–Crippen MR) is 74.0 cm³/mol. The van der Waals surface area contributed by atoms with E-state index >= 15 is 0 Å². The number of rotatable bonds is 6. The summed E-state index contributed by atoms with van der Waals surface area (Å²) in [4.78, 5) is 13.4. The molecular weight excluding hydrogens is 226 g/mol. The van der Waals surface area contributed by atoms with E-state index in [1.807, 2.05) is 30.9 Å². The summed E-state index contributed by atoms with van der Waals surface area (Å²) in [6.07, 6.45) is 0.574. The molecule has 3 nitrogen and oxygen atoms in total. The third-order valence-electron chi connectivity index (χ3n) is 3.67. The molecule has 0 saturated heterocycles. The second-order valence-corrected chi connectivity index (χ2v) is 4.64. The van der Waals surface area contributed by atoms with Gasteiger partial charge >= 0.3 is 5.97 Å². The van der Waals surface area contributed by atoms with Crippen LogP contribution in [-0.4, -0.2) is 35.1 Å². The molecule has 1 aromatic carbocycles. The maximum absolute atomic E-state index is 11.4. The Hall–Kier alpha value is -1.35. The lowest BCUT2D eigenvalue weighted by atomic mass is 9.97. The Morgan fingerprint density at radius 3 is 2.39 bits per heavy atom. The summed E-state index contributed by atoms with van der Waals surface area (Å²) in [6.45, 7) is 9.65. The summed E-state index contributed by atoms with van der Waals surface area (Å²) in [5, 5.41) is 9.39. The normalized spacial score (nSPS) is 12.7. The van der Waals surface area contributed by atoms with Crippen molar-refractivity contribution in [1.29, 1.82) is 0 Å². The van der Waals surface area contributed by atoms with Crippen LogP contribution in [0.1, 0.15) is 30.5 Å². The van der Waals surface area contributed by atoms with Crippen molar-refractivity contribution in [1.82, 2.24) is 4.90 Å². The fraction of sp³-hybridized carbons (Fsp3) is 0.533. The molecule has 0 aliphatic heterocycles. The SMILES string of the molecule is CCN(CC)[C@H](Cc1cccc(C)c1C)C(=O)O. The van der Waals surface area contributed by atoms with Crippen LogP contribution in [0, 0.1) is 13.8 Å². The fourth-order valence-electron chi connectivity index (χ4n) is 2.28. The quantitative estimate of drug-likeness (QED) is 0.842. The van der Waals surface area contributed by atoms with Gasteiger partial charge in [0.2, 0.25) is 0 Å². The maximum Gasteiger partial charge on any atom is 0.321 e. The molecule has 1 aromatic rings. The van der Waals surface area contributed by atoms with Crippen LogP contribution < -0.4 is 0 Å². The van der Waals surface area contributed by atoms with Crippen molar-refractivity contribution in [2.24, 2.45) is 0 Å². The molecule has 1 N–H and O–H groups in total. The van der Waals surface area contributed by atoms with Gasteiger partial charge in [-0.1, -0.05) is 32.0 Å². The molecule has 100 valence electrons. The Morgan fingerprint density at radius 2 is 1.89 bits per heavy atom. The molecule has 0 spiro atoms. The Morgan fingerprint density at radius 1 is 1.28 bits per heavy atom. The number of nitrogens with zero attached hydrogens (tertiary/aromatic N) is 1. The standard InChI is InChI=1S/C15H23NO2/c1-5-16(6-2)14(15(17)18)10-13-9-7-8-11(3)12(13)4/h7-9,14H,5-6,10H2,1-4H3,(H,17,18)/t14-/m1/s1. The first-order chi connectivity index (χ1) is 8.51. The lowest BCUT2D eigenvalue weighted by Crippen LogP contribution is -2.42. The number of hydrogen-bond donors (Lipinski definition) is 1. The van der Waals surface area contributed by atoms with Crippen LogP contribution in [0.5, 0.6) is 0 Å². The van der Waals surface area contributed by atoms with Crippen LogP contribution in [0.3, 0.4) is 0 Å². The van der Waals surface area contributed by atoms with Gasteiger partial charge in [-0.2, -0.15) is 0 Å². The number of carbonyl (C=O) groups is 1. The molecule has 0 saturated carbocycles. The Labute approximate surface area is 109 Å². The van der Waals surface area contributed by atoms with Gasteiger partial charge in [-0.15, -0.1) is 0 Å². The molecule has 0 aromatic heterocycles. The summed E-state index contributed by atoms with van der Waals surface area (Å²) in [5.74, 6) is -0.736. The maximum atomic E-state index is 11.4. The molecule has 18 heavy (non-hydrogen) atoms. The summed E-state index contributed by atoms with van der Waals surface area (Å²) in [6, 6.07) is 5.66. The van der Waals surface area contributed by atoms with Crippen molar-refractivity contribution in [3.8, 4) is 0 Å². The average molecular weight is 249 g/mol. The van der Waals surface area contributed by atoms with E-state index in [0.29, 0.717) is 6.42 Å². The Balaban J connectivity index is 2.97. The van der Waals surface area contributed by atoms with Crippen molar-refractivity contribution < 1.29 is 9.90 Å². The van der Waals surface area contributed by atoms with E-state index in [0.717, 1.165) is 18.7 Å². The van der Waals surface area contributed by atoms with Crippen LogP contribution in [0.2, 0.25) is 0 Å². The largest absolute Gasteiger partial charge is 0.480 e. The highest BCUT2D eigenvalue weighted by Gasteiger charge is 2.24. The minimum Gasteiger partial charge on any atom is -0.480 e. The van der Waals surface area contributed by atoms with E-state index in [-0.39, 0.29) is 0 Å². The van der Waals surface area contributed by atoms with Gasteiger partial charge in [0.1, 0.15) is 6.04 Å². The van der Waals surface area contributed by atoms with Gasteiger partial charge in [-0.25, -0.2) is 0 Å². The van der Waals surface area contributed by atoms with Crippen LogP contribution in [0.25, 0.3) is 0 Å². The summed E-state index contributed by atoms with van der Waals surface area (Å²) in [5.41, 5.74) is 3.56. The van der Waals surface area contributed by atoms with Gasteiger partial charge < -0.3 is 5.11 Å². The van der Waals surface area contributed by atoms with Gasteiger partial charge in [0, 0.05) is 0 Å². The molecule has 0 radical (unpaired) electrons. The van der Waals surface area contributed by atoms with Crippen molar-refractivity contribution in [3.63, 3.8) is 0 Å². The highest BCUT2D eigenvalue weighted by molar-refractivity contribution is 5.74. The number of carboxylic acids is 1. The Kier molecular flexibility index (Phi) is 5.35. The molecule has 0 aliphatic carbocycles. The van der Waals surface area contributed by atoms with E-state index in [1.54, 1.807) is 0 Å². The van der Waals surface area contributed by atoms with Crippen LogP contribution in [0.4, 0.5) is 0 Å². The summed E-state index contributed by atoms with van der Waals surface area (Å²) in [7, 11) is 0. The third kappa shape index (κ3) is 3.33. The van der Waals surface area contributed by atoms with Gasteiger partial charge in [-0.05, 0) is 50.0 Å². The lowest BCUT2D eigenvalue weighted by Gasteiger charge is -2.26. The number of aliphatic carboxylic acids is 1. The number of likely N-dealkylation sites (N-methyl/N-ethyl adjacent to an activating group) is 1. The summed E-state index contributed by atoms with van der Waals surface area (Å²) < 4.78 is 0. The molecule has 0 fully saturated rings. The van der Waals surface area contributed by atoms with Crippen molar-refractivity contribution >= 4 is 5.97 Å². The zero-order valence-corrected chi connectivity index (χ0v) is 11.7. The van der Waals surface area contributed by atoms with Gasteiger partial charge in [0.15, 0.2) is 0 Å². The van der Waals surface area contributed by atoms with E-state index in [9.17, 15) is 9.90 Å². The highest BCUT2D eigenvalue weighted by Crippen LogP contribution is 2.17. The van der Waals surface area contributed by atoms with Gasteiger partial charge in [0.05, 0.1) is 0 Å². The number of aryl methyl sites for hydroxylation is 1. The predicted octanol–water partition coefficient (Wildman–Crippen LogP) is 2.64. The molecular formula is C15H23NO2. The van der Waals surface area contributed by atoms with Crippen molar-refractivity contribution in [2.75, 3.05) is 13.1 Å². The van der Waals surface area contributed by atoms with E-state index in [1.165, 1.54) is 11.1 Å². The number of benzene rings is 1. The average Bonchev–Trinajstić information content (AvgIpc) is 2.34. The van der Waals surface area contributed by atoms with E-state index in [4.69, 9.17) is 0 Å². The molecule has 0 unspecified atom stereocenters. The number of carboxylic acid groups (broad SMARTS) is 1. The smallest absolute Gasteiger partial charge is 0.321 e. The molecule has 0 amide bonds. The van der Waals surface area contributed by atoms with Crippen molar-refractivity contribution in [3.05, 3.63) is 34.9 Å². The zero-order chi connectivity index (χ0) is 13.7. The fourth-order valence-corrected chi connectivity index (χ4v) is 2.28. The van der Waals surface area contributed by atoms with E-state index < -0.39 is 12.0 Å². The third-order valence-corrected chi connectivity index (χ3v) is 3.67. The first kappa shape index (κ1) is 14.7. The minimum atomic E-state index is -0.736. The molecule has 0 bridgehead atoms. The van der Waals surface area contributed by atoms with Crippen LogP contribution in [0.15, 0.2) is 18.2 Å². The summed E-state index contributed by atoms with van der Waals surface area (Å²) >= 11 is 0. The Bertz CT molecular complexity index is 411. The van der Waals surface area contributed by atoms with Crippen LogP contribution in [-0.2, 0) is 11.2 Å². The minimum absolute atomic E-state index is 0.430. The topological polar surface area (TPSA) is 40.5 Å². The first-order valence-electron chi connectivity index (χ1n) is 6.53. The monoisotopic (exact) mass is 249 g/mol. The second-order valence-electron chi connectivity index (χ2n) is 4.64. The second kappa shape index (κ2) is 6.55. The molecule has 1 rings (SSSR count). The zero-order valence-electron chi connectivity index (χ0n) is 11.7. The van der Waals surface area contributed by atoms with Crippen molar-refractivity contribution in [2.45, 2.75) is 40.2 Å². The van der Waals surface area contributed by atoms with E-state index in [2.05, 4.69) is 19.9 Å². The number of hydrogen-bond acceptors (Lipinski definition) is 2. The van der Waals surface area contributed by atoms with Gasteiger partial charge in [0.25, 0.3) is 0 Å². The molecule has 3 heteroatoms. The molecule has 1 atom stereocenters. The van der Waals surface area contributed by atoms with Crippen LogP contribution >= 0.6 is 0 Å². The lowest BCUT2D eigenvalue weighted by molar-refractivity contribution is -0.143. The van der Waals surface area contributed by atoms with Gasteiger partial charge in [-0.3, -0.25) is 9.69 Å². The molecule has 0 heterocycles.